The highest BCUT2D eigenvalue weighted by Crippen LogP contribution is 2.25. The predicted molar refractivity (Wildman–Crippen MR) is 66.7 cm³/mol. The molecule has 0 atom stereocenters. The second-order valence-electron chi connectivity index (χ2n) is 3.88. The van der Waals surface area contributed by atoms with Gasteiger partial charge >= 0.3 is 0 Å². The molecule has 0 radical (unpaired) electrons. The maximum atomic E-state index is 4.52. The first-order valence-corrected chi connectivity index (χ1v) is 6.05. The molecule has 0 aromatic carbocycles. The number of aromatic nitrogens is 3. The molecule has 3 rings (SSSR count). The lowest BCUT2D eigenvalue weighted by atomic mass is 10.2. The number of nitrogens with one attached hydrogen (secondary N) is 1. The highest BCUT2D eigenvalue weighted by molar-refractivity contribution is 7.08. The normalized spacial score (nSPS) is 11.1. The number of nitrogens with zero attached hydrogens (tertiary/aromatic N) is 2. The van der Waals surface area contributed by atoms with Crippen LogP contribution in [0.2, 0.25) is 0 Å². The predicted octanol–water partition coefficient (Wildman–Crippen LogP) is 3.30. The molecule has 0 saturated heterocycles. The van der Waals surface area contributed by atoms with Gasteiger partial charge in [0.2, 0.25) is 0 Å². The Morgan fingerprint density at radius 1 is 1.12 bits per heavy atom. The second-order valence-corrected chi connectivity index (χ2v) is 4.62. The molecule has 0 fully saturated rings. The Balaban J connectivity index is 2.23. The maximum absolute atomic E-state index is 4.52. The zero-order chi connectivity index (χ0) is 11.1. The van der Waals surface area contributed by atoms with E-state index in [9.17, 15) is 0 Å². The summed E-state index contributed by atoms with van der Waals surface area (Å²) in [7, 11) is 0. The van der Waals surface area contributed by atoms with Crippen LogP contribution in [0.3, 0.4) is 0 Å². The number of hydrogen-bond donors (Lipinski definition) is 1. The Bertz CT molecular complexity index is 651. The van der Waals surface area contributed by atoms with E-state index >= 15 is 0 Å². The number of rotatable bonds is 1. The summed E-state index contributed by atoms with van der Waals surface area (Å²) in [6.45, 7) is 4.07. The van der Waals surface area contributed by atoms with Gasteiger partial charge in [0.1, 0.15) is 5.82 Å². The number of hydrogen-bond acceptors (Lipinski definition) is 3. The van der Waals surface area contributed by atoms with Gasteiger partial charge in [-0.3, -0.25) is 0 Å². The summed E-state index contributed by atoms with van der Waals surface area (Å²) in [5.74, 6) is 0.909. The molecule has 3 nitrogen and oxygen atoms in total. The Morgan fingerprint density at radius 2 is 2.00 bits per heavy atom. The Hall–Kier alpha value is -1.68. The molecule has 0 saturated carbocycles. The third kappa shape index (κ3) is 1.42. The monoisotopic (exact) mass is 229 g/mol. The van der Waals surface area contributed by atoms with Crippen molar-refractivity contribution in [2.24, 2.45) is 0 Å². The van der Waals surface area contributed by atoms with Gasteiger partial charge in [-0.2, -0.15) is 11.3 Å². The molecular weight excluding hydrogens is 218 g/mol. The van der Waals surface area contributed by atoms with E-state index < -0.39 is 0 Å². The quantitative estimate of drug-likeness (QED) is 0.695. The van der Waals surface area contributed by atoms with Gasteiger partial charge in [-0.25, -0.2) is 9.97 Å². The molecule has 16 heavy (non-hydrogen) atoms. The van der Waals surface area contributed by atoms with Crippen molar-refractivity contribution in [2.45, 2.75) is 13.8 Å². The van der Waals surface area contributed by atoms with Crippen molar-refractivity contribution >= 4 is 22.5 Å². The standard InChI is InChI=1S/C12H11N3S/c1-7-5-16-6-9(7)11-14-10-4-3-8(2)13-12(10)15-11/h3-6H,1-2H3,(H,13,14,15). The summed E-state index contributed by atoms with van der Waals surface area (Å²) >= 11 is 1.69. The molecule has 3 aromatic rings. The van der Waals surface area contributed by atoms with E-state index in [2.05, 4.69) is 32.6 Å². The highest BCUT2D eigenvalue weighted by Gasteiger charge is 2.08. The first-order valence-electron chi connectivity index (χ1n) is 5.10. The van der Waals surface area contributed by atoms with Crippen LogP contribution < -0.4 is 0 Å². The average molecular weight is 229 g/mol. The largest absolute Gasteiger partial charge is 0.337 e. The van der Waals surface area contributed by atoms with Gasteiger partial charge in [0.15, 0.2) is 5.65 Å². The zero-order valence-electron chi connectivity index (χ0n) is 9.11. The SMILES string of the molecule is Cc1ccc2[nH]c(-c3cscc3C)nc2n1. The number of aromatic amines is 1. The van der Waals surface area contributed by atoms with Crippen molar-refractivity contribution < 1.29 is 0 Å². The molecule has 0 spiro atoms. The van der Waals surface area contributed by atoms with E-state index in [1.54, 1.807) is 11.3 Å². The van der Waals surface area contributed by atoms with Crippen LogP contribution in [-0.4, -0.2) is 15.0 Å². The lowest BCUT2D eigenvalue weighted by molar-refractivity contribution is 1.22. The summed E-state index contributed by atoms with van der Waals surface area (Å²) < 4.78 is 0. The minimum atomic E-state index is 0.792. The van der Waals surface area contributed by atoms with E-state index in [1.165, 1.54) is 11.1 Å². The number of thiophene rings is 1. The third-order valence-corrected chi connectivity index (χ3v) is 3.46. The fraction of sp³-hybridized carbons (Fsp3) is 0.167. The molecule has 3 heterocycles. The molecule has 1 N–H and O–H groups in total. The van der Waals surface area contributed by atoms with E-state index in [1.807, 2.05) is 19.1 Å². The van der Waals surface area contributed by atoms with Crippen LogP contribution in [0.5, 0.6) is 0 Å². The molecule has 0 aliphatic rings. The fourth-order valence-corrected chi connectivity index (χ4v) is 2.55. The molecule has 0 aliphatic carbocycles. The fourth-order valence-electron chi connectivity index (χ4n) is 1.72. The lowest BCUT2D eigenvalue weighted by Gasteiger charge is -1.91. The van der Waals surface area contributed by atoms with E-state index in [4.69, 9.17) is 0 Å². The summed E-state index contributed by atoms with van der Waals surface area (Å²) in [6.07, 6.45) is 0. The van der Waals surface area contributed by atoms with Gasteiger partial charge in [0.05, 0.1) is 5.52 Å². The van der Waals surface area contributed by atoms with Crippen molar-refractivity contribution in [1.82, 2.24) is 15.0 Å². The molecule has 0 aliphatic heterocycles. The van der Waals surface area contributed by atoms with Crippen molar-refractivity contribution in [3.05, 3.63) is 34.2 Å². The zero-order valence-corrected chi connectivity index (χ0v) is 9.93. The first-order chi connectivity index (χ1) is 7.74. The van der Waals surface area contributed by atoms with Crippen molar-refractivity contribution in [3.63, 3.8) is 0 Å². The van der Waals surface area contributed by atoms with Crippen LogP contribution in [0, 0.1) is 13.8 Å². The van der Waals surface area contributed by atoms with E-state index in [0.717, 1.165) is 22.7 Å². The van der Waals surface area contributed by atoms with Gasteiger partial charge in [-0.15, -0.1) is 0 Å². The maximum Gasteiger partial charge on any atom is 0.178 e. The Morgan fingerprint density at radius 3 is 2.75 bits per heavy atom. The lowest BCUT2D eigenvalue weighted by Crippen LogP contribution is -1.81. The van der Waals surface area contributed by atoms with Gasteiger partial charge < -0.3 is 4.98 Å². The van der Waals surface area contributed by atoms with Crippen LogP contribution in [0.25, 0.3) is 22.6 Å². The van der Waals surface area contributed by atoms with E-state index in [-0.39, 0.29) is 0 Å². The first kappa shape index (κ1) is 9.54. The smallest absolute Gasteiger partial charge is 0.178 e. The Kier molecular flexibility index (Phi) is 2.04. The minimum Gasteiger partial charge on any atom is -0.337 e. The van der Waals surface area contributed by atoms with Gasteiger partial charge in [-0.05, 0) is 36.9 Å². The second kappa shape index (κ2) is 3.42. The van der Waals surface area contributed by atoms with Gasteiger partial charge in [0, 0.05) is 16.6 Å². The number of H-pyrrole nitrogens is 1. The van der Waals surface area contributed by atoms with Crippen LogP contribution in [-0.2, 0) is 0 Å². The number of imidazole rings is 1. The van der Waals surface area contributed by atoms with Crippen LogP contribution >= 0.6 is 11.3 Å². The molecule has 3 aromatic heterocycles. The van der Waals surface area contributed by atoms with Crippen LogP contribution in [0.15, 0.2) is 22.9 Å². The third-order valence-electron chi connectivity index (χ3n) is 2.60. The highest BCUT2D eigenvalue weighted by atomic mass is 32.1. The van der Waals surface area contributed by atoms with E-state index in [0.29, 0.717) is 0 Å². The topological polar surface area (TPSA) is 41.6 Å². The minimum absolute atomic E-state index is 0.792. The summed E-state index contributed by atoms with van der Waals surface area (Å²) in [4.78, 5) is 12.2. The molecule has 4 heteroatoms. The number of aryl methyl sites for hydroxylation is 2. The van der Waals surface area contributed by atoms with Gasteiger partial charge in [0.25, 0.3) is 0 Å². The van der Waals surface area contributed by atoms with Gasteiger partial charge in [-0.1, -0.05) is 0 Å². The van der Waals surface area contributed by atoms with Crippen molar-refractivity contribution in [1.29, 1.82) is 0 Å². The summed E-state index contributed by atoms with van der Waals surface area (Å²) in [5.41, 5.74) is 5.20. The molecule has 0 unspecified atom stereocenters. The summed E-state index contributed by atoms with van der Waals surface area (Å²) in [5, 5.41) is 4.24. The number of fused-ring (bicyclic) bond motifs is 1. The van der Waals surface area contributed by atoms with Crippen LogP contribution in [0.4, 0.5) is 0 Å². The number of pyridine rings is 1. The molecule has 0 amide bonds. The van der Waals surface area contributed by atoms with Crippen molar-refractivity contribution in [3.8, 4) is 11.4 Å². The summed E-state index contributed by atoms with van der Waals surface area (Å²) in [6, 6.07) is 4.01. The molecule has 80 valence electrons. The Labute approximate surface area is 97.2 Å². The van der Waals surface area contributed by atoms with Crippen molar-refractivity contribution in [2.75, 3.05) is 0 Å². The van der Waals surface area contributed by atoms with Crippen LogP contribution in [0.1, 0.15) is 11.3 Å². The average Bonchev–Trinajstić information content (AvgIpc) is 2.82. The molecule has 0 bridgehead atoms. The molecular formula is C12H11N3S.